The summed E-state index contributed by atoms with van der Waals surface area (Å²) in [5.74, 6) is -0.787. The molecule has 5 nitrogen and oxygen atoms in total. The van der Waals surface area contributed by atoms with E-state index in [9.17, 15) is 9.59 Å². The Morgan fingerprint density at radius 2 is 1.65 bits per heavy atom. The fourth-order valence-electron chi connectivity index (χ4n) is 3.41. The van der Waals surface area contributed by atoms with Gasteiger partial charge in [0.05, 0.1) is 0 Å². The number of nitrogens with zero attached hydrogens (tertiary/aromatic N) is 2. The molecule has 1 saturated carbocycles. The highest BCUT2D eigenvalue weighted by Gasteiger charge is 2.28. The number of hydrogen-bond donors (Lipinski definition) is 1. The summed E-state index contributed by atoms with van der Waals surface area (Å²) in [7, 11) is 0. The van der Waals surface area contributed by atoms with E-state index in [1.54, 1.807) is 4.90 Å². The first-order chi connectivity index (χ1) is 11.2. The van der Waals surface area contributed by atoms with Crippen LogP contribution >= 0.6 is 0 Å². The lowest BCUT2D eigenvalue weighted by Crippen LogP contribution is -2.53. The molecular formula is C18H25N3O2. The van der Waals surface area contributed by atoms with E-state index >= 15 is 0 Å². The molecule has 1 saturated heterocycles. The van der Waals surface area contributed by atoms with Crippen LogP contribution in [0.2, 0.25) is 0 Å². The summed E-state index contributed by atoms with van der Waals surface area (Å²) in [6.07, 6.45) is 4.31. The quantitative estimate of drug-likeness (QED) is 0.858. The molecule has 0 spiro atoms. The van der Waals surface area contributed by atoms with Gasteiger partial charge in [0.2, 0.25) is 0 Å². The Bertz CT molecular complexity index is 532. The summed E-state index contributed by atoms with van der Waals surface area (Å²) in [5.41, 5.74) is 1.28. The van der Waals surface area contributed by atoms with Gasteiger partial charge in [-0.3, -0.25) is 14.5 Å². The van der Waals surface area contributed by atoms with E-state index in [0.29, 0.717) is 13.1 Å². The zero-order valence-corrected chi connectivity index (χ0v) is 13.5. The number of benzene rings is 1. The third-order valence-corrected chi connectivity index (χ3v) is 4.79. The van der Waals surface area contributed by atoms with Gasteiger partial charge in [-0.2, -0.15) is 0 Å². The number of rotatable bonds is 3. The molecule has 1 heterocycles. The fourth-order valence-corrected chi connectivity index (χ4v) is 3.41. The first-order valence-corrected chi connectivity index (χ1v) is 8.58. The Balaban J connectivity index is 1.44. The fraction of sp³-hybridized carbons (Fsp3) is 0.556. The lowest BCUT2D eigenvalue weighted by Gasteiger charge is -2.34. The predicted molar refractivity (Wildman–Crippen MR) is 88.7 cm³/mol. The van der Waals surface area contributed by atoms with Crippen LogP contribution in [0, 0.1) is 0 Å². The number of carbonyl (C=O) groups is 2. The van der Waals surface area contributed by atoms with Gasteiger partial charge >= 0.3 is 11.8 Å². The zero-order chi connectivity index (χ0) is 16.1. The Morgan fingerprint density at radius 1 is 1.00 bits per heavy atom. The smallest absolute Gasteiger partial charge is 0.311 e. The van der Waals surface area contributed by atoms with E-state index in [2.05, 4.69) is 22.3 Å². The number of carbonyl (C=O) groups excluding carboxylic acids is 2. The highest BCUT2D eigenvalue weighted by atomic mass is 16.2. The molecule has 0 aromatic heterocycles. The van der Waals surface area contributed by atoms with Crippen molar-refractivity contribution < 1.29 is 9.59 Å². The van der Waals surface area contributed by atoms with E-state index < -0.39 is 5.91 Å². The summed E-state index contributed by atoms with van der Waals surface area (Å²) in [6.45, 7) is 3.79. The van der Waals surface area contributed by atoms with Gasteiger partial charge < -0.3 is 10.2 Å². The minimum Gasteiger partial charge on any atom is -0.345 e. The molecule has 0 unspecified atom stereocenters. The van der Waals surface area contributed by atoms with Crippen LogP contribution in [-0.4, -0.2) is 53.8 Å². The second-order valence-electron chi connectivity index (χ2n) is 6.51. The lowest BCUT2D eigenvalue weighted by molar-refractivity contribution is -0.147. The first kappa shape index (κ1) is 16.0. The molecule has 0 radical (unpaired) electrons. The predicted octanol–water partition coefficient (Wildman–Crippen LogP) is 1.39. The summed E-state index contributed by atoms with van der Waals surface area (Å²) < 4.78 is 0. The normalized spacial score (nSPS) is 19.7. The molecule has 0 atom stereocenters. The van der Waals surface area contributed by atoms with Gasteiger partial charge in [0.25, 0.3) is 0 Å². The van der Waals surface area contributed by atoms with Gasteiger partial charge in [0.1, 0.15) is 0 Å². The molecule has 2 fully saturated rings. The maximum Gasteiger partial charge on any atom is 0.311 e. The molecule has 1 aromatic carbocycles. The summed E-state index contributed by atoms with van der Waals surface area (Å²) >= 11 is 0. The van der Waals surface area contributed by atoms with Crippen molar-refractivity contribution in [2.45, 2.75) is 38.3 Å². The molecule has 0 bridgehead atoms. The van der Waals surface area contributed by atoms with Crippen LogP contribution in [0.3, 0.4) is 0 Å². The second kappa shape index (κ2) is 7.59. The van der Waals surface area contributed by atoms with Gasteiger partial charge in [0.15, 0.2) is 0 Å². The molecule has 2 amide bonds. The maximum atomic E-state index is 12.2. The summed E-state index contributed by atoms with van der Waals surface area (Å²) in [6, 6.07) is 10.5. The molecule has 1 aliphatic heterocycles. The third kappa shape index (κ3) is 4.32. The van der Waals surface area contributed by atoms with Crippen LogP contribution in [0.15, 0.2) is 30.3 Å². The number of hydrogen-bond acceptors (Lipinski definition) is 3. The molecule has 1 aliphatic carbocycles. The monoisotopic (exact) mass is 315 g/mol. The largest absolute Gasteiger partial charge is 0.345 e. The van der Waals surface area contributed by atoms with E-state index in [0.717, 1.165) is 45.3 Å². The van der Waals surface area contributed by atoms with Gasteiger partial charge in [-0.1, -0.05) is 43.2 Å². The van der Waals surface area contributed by atoms with Crippen molar-refractivity contribution in [2.75, 3.05) is 26.2 Å². The van der Waals surface area contributed by atoms with Gasteiger partial charge in [-0.15, -0.1) is 0 Å². The van der Waals surface area contributed by atoms with Crippen molar-refractivity contribution in [3.8, 4) is 0 Å². The molecule has 1 aromatic rings. The van der Waals surface area contributed by atoms with E-state index in [1.807, 2.05) is 18.2 Å². The SMILES string of the molecule is O=C(NC1CCCC1)C(=O)N1CCN(Cc2ccccc2)CC1. The molecule has 2 aliphatic rings. The maximum absolute atomic E-state index is 12.2. The standard InChI is InChI=1S/C18H25N3O2/c22-17(19-16-8-4-5-9-16)18(23)21-12-10-20(11-13-21)14-15-6-2-1-3-7-15/h1-3,6-7,16H,4-5,8-14H2,(H,19,22). The second-order valence-corrected chi connectivity index (χ2v) is 6.51. The van der Waals surface area contributed by atoms with E-state index in [-0.39, 0.29) is 11.9 Å². The molecule has 5 heteroatoms. The van der Waals surface area contributed by atoms with Gasteiger partial charge in [0, 0.05) is 38.8 Å². The molecule has 23 heavy (non-hydrogen) atoms. The van der Waals surface area contributed by atoms with Crippen LogP contribution in [0.5, 0.6) is 0 Å². The van der Waals surface area contributed by atoms with Crippen LogP contribution in [0.25, 0.3) is 0 Å². The van der Waals surface area contributed by atoms with Gasteiger partial charge in [-0.05, 0) is 18.4 Å². The molecule has 124 valence electrons. The Morgan fingerprint density at radius 3 is 2.30 bits per heavy atom. The molecular weight excluding hydrogens is 290 g/mol. The highest BCUT2D eigenvalue weighted by Crippen LogP contribution is 2.17. The average molecular weight is 315 g/mol. The van der Waals surface area contributed by atoms with Gasteiger partial charge in [-0.25, -0.2) is 0 Å². The summed E-state index contributed by atoms with van der Waals surface area (Å²) in [5, 5.41) is 2.88. The average Bonchev–Trinajstić information content (AvgIpc) is 3.09. The summed E-state index contributed by atoms with van der Waals surface area (Å²) in [4.78, 5) is 28.3. The first-order valence-electron chi connectivity index (χ1n) is 8.58. The van der Waals surface area contributed by atoms with E-state index in [4.69, 9.17) is 0 Å². The van der Waals surface area contributed by atoms with Crippen molar-refractivity contribution >= 4 is 11.8 Å². The van der Waals surface area contributed by atoms with Crippen LogP contribution in [0.1, 0.15) is 31.2 Å². The Hall–Kier alpha value is -1.88. The van der Waals surface area contributed by atoms with Crippen molar-refractivity contribution in [2.24, 2.45) is 0 Å². The van der Waals surface area contributed by atoms with Crippen molar-refractivity contribution in [3.05, 3.63) is 35.9 Å². The highest BCUT2D eigenvalue weighted by molar-refractivity contribution is 6.35. The molecule has 3 rings (SSSR count). The number of amides is 2. The lowest BCUT2D eigenvalue weighted by atomic mass is 10.2. The van der Waals surface area contributed by atoms with Crippen LogP contribution in [0.4, 0.5) is 0 Å². The number of piperazine rings is 1. The minimum absolute atomic E-state index is 0.200. The van der Waals surface area contributed by atoms with Crippen molar-refractivity contribution in [1.82, 2.24) is 15.1 Å². The number of nitrogens with one attached hydrogen (secondary N) is 1. The van der Waals surface area contributed by atoms with E-state index in [1.165, 1.54) is 5.56 Å². The van der Waals surface area contributed by atoms with Crippen molar-refractivity contribution in [1.29, 1.82) is 0 Å². The van der Waals surface area contributed by atoms with Crippen LogP contribution < -0.4 is 5.32 Å². The Labute approximate surface area is 137 Å². The third-order valence-electron chi connectivity index (χ3n) is 4.79. The molecule has 1 N–H and O–H groups in total. The minimum atomic E-state index is -0.423. The topological polar surface area (TPSA) is 52.7 Å². The zero-order valence-electron chi connectivity index (χ0n) is 13.5. The Kier molecular flexibility index (Phi) is 5.28. The van der Waals surface area contributed by atoms with Crippen molar-refractivity contribution in [3.63, 3.8) is 0 Å². The van der Waals surface area contributed by atoms with Crippen LogP contribution in [-0.2, 0) is 16.1 Å².